The van der Waals surface area contributed by atoms with Crippen molar-refractivity contribution in [2.24, 2.45) is 0 Å². The van der Waals surface area contributed by atoms with Gasteiger partial charge in [0.15, 0.2) is 11.6 Å². The third-order valence-electron chi connectivity index (χ3n) is 8.13. The van der Waals surface area contributed by atoms with Crippen molar-refractivity contribution in [2.45, 2.75) is 63.7 Å². The van der Waals surface area contributed by atoms with Gasteiger partial charge in [-0.05, 0) is 56.9 Å². The number of anilines is 2. The molecule has 196 valence electrons. The van der Waals surface area contributed by atoms with E-state index < -0.39 is 11.6 Å². The first kappa shape index (κ1) is 23.6. The molecule has 2 N–H and O–H groups in total. The van der Waals surface area contributed by atoms with Crippen molar-refractivity contribution < 1.29 is 8.78 Å². The van der Waals surface area contributed by atoms with Gasteiger partial charge in [0, 0.05) is 55.4 Å². The van der Waals surface area contributed by atoms with Crippen LogP contribution in [0.1, 0.15) is 44.5 Å². The summed E-state index contributed by atoms with van der Waals surface area (Å²) < 4.78 is 32.0. The molecule has 7 rings (SSSR count). The molecule has 0 aliphatic carbocycles. The fourth-order valence-electron chi connectivity index (χ4n) is 6.30. The van der Waals surface area contributed by atoms with Gasteiger partial charge < -0.3 is 15.2 Å². The monoisotopic (exact) mass is 516 g/mol. The van der Waals surface area contributed by atoms with Gasteiger partial charge in [-0.3, -0.25) is 4.90 Å². The Morgan fingerprint density at radius 2 is 1.84 bits per heavy atom. The van der Waals surface area contributed by atoms with Crippen LogP contribution in [0.2, 0.25) is 0 Å². The van der Waals surface area contributed by atoms with Crippen LogP contribution in [0.5, 0.6) is 0 Å². The van der Waals surface area contributed by atoms with Gasteiger partial charge in [0.1, 0.15) is 22.9 Å². The number of piperazine rings is 1. The molecule has 6 heterocycles. The molecule has 0 radical (unpaired) electrons. The molecule has 2 unspecified atom stereocenters. The molecule has 38 heavy (non-hydrogen) atoms. The van der Waals surface area contributed by atoms with Crippen LogP contribution >= 0.6 is 0 Å². The van der Waals surface area contributed by atoms with Crippen LogP contribution in [-0.4, -0.2) is 54.6 Å². The number of rotatable bonds is 5. The molecule has 2 fully saturated rings. The second-order valence-electron chi connectivity index (χ2n) is 11.4. The van der Waals surface area contributed by atoms with Crippen LogP contribution in [0.4, 0.5) is 20.5 Å². The highest BCUT2D eigenvalue weighted by atomic mass is 19.1. The number of nitrogens with one attached hydrogen (secondary N) is 2. The molecule has 2 saturated heterocycles. The van der Waals surface area contributed by atoms with Crippen molar-refractivity contribution in [2.75, 3.05) is 18.4 Å². The van der Waals surface area contributed by atoms with Gasteiger partial charge in [-0.2, -0.15) is 0 Å². The predicted molar refractivity (Wildman–Crippen MR) is 141 cm³/mol. The van der Waals surface area contributed by atoms with Crippen molar-refractivity contribution in [1.29, 1.82) is 0 Å². The summed E-state index contributed by atoms with van der Waals surface area (Å²) in [7, 11) is 0. The zero-order valence-electron chi connectivity index (χ0n) is 21.5. The number of nitrogens with zero attached hydrogens (tertiary/aromatic N) is 6. The molecular weight excluding hydrogens is 486 g/mol. The Morgan fingerprint density at radius 3 is 2.61 bits per heavy atom. The normalized spacial score (nSPS) is 22.2. The number of pyridine rings is 1. The van der Waals surface area contributed by atoms with E-state index in [1.807, 2.05) is 18.3 Å². The third kappa shape index (κ3) is 4.12. The SMILES string of the molecule is CC1(C)CCc2nc3c(F)cc(-c4nc(Nc5ccc(CN6CC7CCC(C6)N7)cn5)ncc4F)cc3n21. The van der Waals surface area contributed by atoms with E-state index in [1.54, 1.807) is 6.07 Å². The van der Waals surface area contributed by atoms with Crippen LogP contribution in [0.3, 0.4) is 0 Å². The number of imidazole rings is 1. The fourth-order valence-corrected chi connectivity index (χ4v) is 6.30. The molecule has 3 aliphatic rings. The van der Waals surface area contributed by atoms with Crippen LogP contribution in [0, 0.1) is 11.6 Å². The molecule has 0 amide bonds. The predicted octanol–water partition coefficient (Wildman–Crippen LogP) is 4.53. The number of benzene rings is 1. The largest absolute Gasteiger partial charge is 0.322 e. The molecule has 0 spiro atoms. The zero-order valence-corrected chi connectivity index (χ0v) is 21.5. The Bertz CT molecular complexity index is 1520. The van der Waals surface area contributed by atoms with Crippen LogP contribution in [0.15, 0.2) is 36.7 Å². The second kappa shape index (κ2) is 8.78. The molecule has 10 heteroatoms. The summed E-state index contributed by atoms with van der Waals surface area (Å²) >= 11 is 0. The number of likely N-dealkylation sites (tertiary alicyclic amines) is 1. The Hall–Kier alpha value is -3.50. The van der Waals surface area contributed by atoms with Gasteiger partial charge in [-0.25, -0.2) is 28.7 Å². The fraction of sp³-hybridized carbons (Fsp3) is 0.429. The van der Waals surface area contributed by atoms with E-state index in [0.29, 0.717) is 34.5 Å². The lowest BCUT2D eigenvalue weighted by Gasteiger charge is -2.32. The van der Waals surface area contributed by atoms with E-state index in [4.69, 9.17) is 0 Å². The number of aryl methyl sites for hydroxylation is 1. The first-order chi connectivity index (χ1) is 18.3. The van der Waals surface area contributed by atoms with Gasteiger partial charge in [-0.15, -0.1) is 0 Å². The molecule has 2 atom stereocenters. The average Bonchev–Trinajstić information content (AvgIpc) is 3.54. The van der Waals surface area contributed by atoms with Crippen LogP contribution < -0.4 is 10.6 Å². The van der Waals surface area contributed by atoms with Crippen molar-refractivity contribution in [3.63, 3.8) is 0 Å². The van der Waals surface area contributed by atoms with E-state index in [9.17, 15) is 4.39 Å². The van der Waals surface area contributed by atoms with Gasteiger partial charge in [0.25, 0.3) is 0 Å². The summed E-state index contributed by atoms with van der Waals surface area (Å²) in [4.78, 5) is 20.0. The molecule has 0 saturated carbocycles. The van der Waals surface area contributed by atoms with E-state index in [2.05, 4.69) is 53.9 Å². The average molecular weight is 517 g/mol. The Labute approximate surface area is 219 Å². The second-order valence-corrected chi connectivity index (χ2v) is 11.4. The van der Waals surface area contributed by atoms with E-state index in [-0.39, 0.29) is 17.2 Å². The summed E-state index contributed by atoms with van der Waals surface area (Å²) in [5, 5.41) is 6.72. The standard InChI is InChI=1S/C28H30F2N8/c1-28(2)8-7-24-35-26-20(29)9-17(10-22(26)38(24)28)25-21(30)12-32-27(36-25)34-23-6-3-16(11-31-23)13-37-14-18-4-5-19(15-37)33-18/h3,6,9-12,18-19,33H,4-5,7-8,13-15H2,1-2H3,(H,31,32,34,36). The number of aromatic nitrogens is 5. The highest BCUT2D eigenvalue weighted by Gasteiger charge is 2.34. The van der Waals surface area contributed by atoms with Crippen LogP contribution in [0.25, 0.3) is 22.3 Å². The van der Waals surface area contributed by atoms with Gasteiger partial charge in [0.2, 0.25) is 5.95 Å². The first-order valence-corrected chi connectivity index (χ1v) is 13.3. The zero-order chi connectivity index (χ0) is 26.0. The smallest absolute Gasteiger partial charge is 0.229 e. The first-order valence-electron chi connectivity index (χ1n) is 13.3. The maximum atomic E-state index is 15.1. The quantitative estimate of drug-likeness (QED) is 0.403. The minimum Gasteiger partial charge on any atom is -0.322 e. The minimum atomic E-state index is -0.622. The summed E-state index contributed by atoms with van der Waals surface area (Å²) in [6, 6.07) is 8.18. The Balaban J connectivity index is 1.13. The lowest BCUT2D eigenvalue weighted by molar-refractivity contribution is 0.188. The maximum Gasteiger partial charge on any atom is 0.229 e. The van der Waals surface area contributed by atoms with E-state index >= 15 is 4.39 Å². The summed E-state index contributed by atoms with van der Waals surface area (Å²) in [6.07, 6.45) is 7.17. The van der Waals surface area contributed by atoms with Gasteiger partial charge >= 0.3 is 0 Å². The van der Waals surface area contributed by atoms with E-state index in [0.717, 1.165) is 50.1 Å². The lowest BCUT2D eigenvalue weighted by Crippen LogP contribution is -2.50. The molecule has 3 aromatic heterocycles. The molecular formula is C28H30F2N8. The minimum absolute atomic E-state index is 0.0274. The summed E-state index contributed by atoms with van der Waals surface area (Å²) in [5.74, 6) is 0.495. The lowest BCUT2D eigenvalue weighted by atomic mass is 10.0. The Kier molecular flexibility index (Phi) is 5.45. The highest BCUT2D eigenvalue weighted by Crippen LogP contribution is 2.38. The van der Waals surface area contributed by atoms with Crippen molar-refractivity contribution in [3.05, 3.63) is 59.7 Å². The molecule has 2 bridgehead atoms. The highest BCUT2D eigenvalue weighted by molar-refractivity contribution is 5.83. The molecule has 1 aromatic carbocycles. The number of hydrogen-bond donors (Lipinski definition) is 2. The molecule has 8 nitrogen and oxygen atoms in total. The van der Waals surface area contributed by atoms with Gasteiger partial charge in [0.05, 0.1) is 11.7 Å². The molecule has 3 aliphatic heterocycles. The number of fused-ring (bicyclic) bond motifs is 5. The van der Waals surface area contributed by atoms with Gasteiger partial charge in [-0.1, -0.05) is 6.07 Å². The molecule has 4 aromatic rings. The topological polar surface area (TPSA) is 83.8 Å². The number of hydrogen-bond acceptors (Lipinski definition) is 7. The third-order valence-corrected chi connectivity index (χ3v) is 8.13. The van der Waals surface area contributed by atoms with E-state index in [1.165, 1.54) is 18.9 Å². The van der Waals surface area contributed by atoms with Crippen molar-refractivity contribution in [3.8, 4) is 11.3 Å². The number of halogens is 2. The van der Waals surface area contributed by atoms with Crippen molar-refractivity contribution in [1.82, 2.24) is 34.7 Å². The van der Waals surface area contributed by atoms with Crippen molar-refractivity contribution >= 4 is 22.8 Å². The van der Waals surface area contributed by atoms with Crippen LogP contribution in [-0.2, 0) is 18.5 Å². The Morgan fingerprint density at radius 1 is 1.03 bits per heavy atom. The summed E-state index contributed by atoms with van der Waals surface area (Å²) in [6.45, 7) is 7.20. The maximum absolute atomic E-state index is 15.1. The summed E-state index contributed by atoms with van der Waals surface area (Å²) in [5.41, 5.74) is 2.28.